The van der Waals surface area contributed by atoms with Crippen LogP contribution in [0.25, 0.3) is 0 Å². The average molecular weight is 294 g/mol. The second kappa shape index (κ2) is 4.47. The molecule has 1 aliphatic carbocycles. The molecule has 0 radical (unpaired) electrons. The number of carbonyl (C=O) groups is 1. The van der Waals surface area contributed by atoms with Crippen molar-refractivity contribution in [2.45, 2.75) is 51.2 Å². The van der Waals surface area contributed by atoms with E-state index in [1.54, 1.807) is 11.8 Å². The highest BCUT2D eigenvalue weighted by atomic mass is 16.6. The number of hydrogen-bond acceptors (Lipinski definition) is 5. The Morgan fingerprint density at radius 3 is 2.90 bits per heavy atom. The molecule has 3 atom stereocenters. The Morgan fingerprint density at radius 2 is 2.33 bits per heavy atom. The SMILES string of the molecule is CC(O)c1cc(C23CC2CN(C(=O)OC(C)(C)C)C3)no1. The van der Waals surface area contributed by atoms with Gasteiger partial charge in [-0.25, -0.2) is 4.79 Å². The van der Waals surface area contributed by atoms with Gasteiger partial charge in [-0.1, -0.05) is 5.16 Å². The topological polar surface area (TPSA) is 75.8 Å². The van der Waals surface area contributed by atoms with Crippen LogP contribution in [-0.2, 0) is 10.2 Å². The van der Waals surface area contributed by atoms with Crippen molar-refractivity contribution in [2.24, 2.45) is 5.92 Å². The molecule has 1 aromatic heterocycles. The summed E-state index contributed by atoms with van der Waals surface area (Å²) in [4.78, 5) is 13.9. The van der Waals surface area contributed by atoms with Crippen molar-refractivity contribution in [1.29, 1.82) is 0 Å². The first-order valence-corrected chi connectivity index (χ1v) is 7.34. The lowest BCUT2D eigenvalue weighted by atomic mass is 10.0. The minimum absolute atomic E-state index is 0.104. The number of fused-ring (bicyclic) bond motifs is 1. The third-order valence-electron chi connectivity index (χ3n) is 4.25. The van der Waals surface area contributed by atoms with Gasteiger partial charge in [-0.2, -0.15) is 0 Å². The zero-order chi connectivity index (χ0) is 15.4. The van der Waals surface area contributed by atoms with E-state index in [-0.39, 0.29) is 11.5 Å². The summed E-state index contributed by atoms with van der Waals surface area (Å²) in [5.41, 5.74) is 0.257. The van der Waals surface area contributed by atoms with E-state index in [1.807, 2.05) is 26.8 Å². The molecule has 0 bridgehead atoms. The van der Waals surface area contributed by atoms with Crippen LogP contribution in [0.4, 0.5) is 4.79 Å². The quantitative estimate of drug-likeness (QED) is 0.905. The van der Waals surface area contributed by atoms with Crippen molar-refractivity contribution < 1.29 is 19.2 Å². The van der Waals surface area contributed by atoms with Gasteiger partial charge in [0.1, 0.15) is 11.7 Å². The summed E-state index contributed by atoms with van der Waals surface area (Å²) < 4.78 is 10.6. The molecule has 1 aromatic rings. The first kappa shape index (κ1) is 14.4. The van der Waals surface area contributed by atoms with E-state index < -0.39 is 11.7 Å². The van der Waals surface area contributed by atoms with Gasteiger partial charge in [-0.05, 0) is 40.0 Å². The second-order valence-corrected chi connectivity index (χ2v) is 7.21. The van der Waals surface area contributed by atoms with E-state index in [1.165, 1.54) is 0 Å². The molecule has 6 heteroatoms. The van der Waals surface area contributed by atoms with Gasteiger partial charge in [0.25, 0.3) is 0 Å². The minimum Gasteiger partial charge on any atom is -0.444 e. The van der Waals surface area contributed by atoms with Crippen LogP contribution in [-0.4, -0.2) is 39.9 Å². The van der Waals surface area contributed by atoms with Gasteiger partial charge >= 0.3 is 6.09 Å². The van der Waals surface area contributed by atoms with Crippen molar-refractivity contribution >= 4 is 6.09 Å². The molecule has 0 spiro atoms. The lowest BCUT2D eigenvalue weighted by Gasteiger charge is -2.26. The predicted octanol–water partition coefficient (Wildman–Crippen LogP) is 2.24. The smallest absolute Gasteiger partial charge is 0.410 e. The normalized spacial score (nSPS) is 29.2. The molecule has 6 nitrogen and oxygen atoms in total. The first-order chi connectivity index (χ1) is 9.71. The van der Waals surface area contributed by atoms with Gasteiger partial charge in [-0.3, -0.25) is 0 Å². The number of rotatable bonds is 2. The third-order valence-corrected chi connectivity index (χ3v) is 4.25. The molecular formula is C15H22N2O4. The molecule has 3 rings (SSSR count). The number of amides is 1. The summed E-state index contributed by atoms with van der Waals surface area (Å²) in [6.45, 7) is 8.55. The van der Waals surface area contributed by atoms with Crippen LogP contribution in [0.15, 0.2) is 10.6 Å². The monoisotopic (exact) mass is 294 g/mol. The number of aliphatic hydroxyl groups excluding tert-OH is 1. The molecule has 2 heterocycles. The Morgan fingerprint density at radius 1 is 1.62 bits per heavy atom. The summed E-state index contributed by atoms with van der Waals surface area (Å²) in [6.07, 6.45) is 0.0782. The van der Waals surface area contributed by atoms with Crippen LogP contribution in [0.2, 0.25) is 0 Å². The molecule has 1 N–H and O–H groups in total. The van der Waals surface area contributed by atoms with Gasteiger partial charge in [0, 0.05) is 24.6 Å². The zero-order valence-corrected chi connectivity index (χ0v) is 12.9. The number of carbonyl (C=O) groups excluding carboxylic acids is 1. The van der Waals surface area contributed by atoms with Crippen LogP contribution in [0.5, 0.6) is 0 Å². The van der Waals surface area contributed by atoms with E-state index >= 15 is 0 Å². The Labute approximate surface area is 124 Å². The predicted molar refractivity (Wildman–Crippen MR) is 74.7 cm³/mol. The van der Waals surface area contributed by atoms with E-state index in [9.17, 15) is 9.90 Å². The van der Waals surface area contributed by atoms with Gasteiger partial charge in [-0.15, -0.1) is 0 Å². The van der Waals surface area contributed by atoms with Crippen molar-refractivity contribution in [3.8, 4) is 0 Å². The van der Waals surface area contributed by atoms with Crippen LogP contribution in [0, 0.1) is 5.92 Å². The van der Waals surface area contributed by atoms with Crippen molar-refractivity contribution in [2.75, 3.05) is 13.1 Å². The summed E-state index contributed by atoms with van der Waals surface area (Å²) in [5.74, 6) is 0.887. The molecule has 1 aliphatic heterocycles. The number of aromatic nitrogens is 1. The number of hydrogen-bond donors (Lipinski definition) is 1. The summed E-state index contributed by atoms with van der Waals surface area (Å²) >= 11 is 0. The number of aliphatic hydroxyl groups is 1. The number of likely N-dealkylation sites (tertiary alicyclic amines) is 1. The summed E-state index contributed by atoms with van der Waals surface area (Å²) in [7, 11) is 0. The molecule has 3 unspecified atom stereocenters. The molecule has 0 aromatic carbocycles. The fourth-order valence-corrected chi connectivity index (χ4v) is 3.07. The maximum absolute atomic E-state index is 12.1. The Kier molecular flexibility index (Phi) is 3.06. The highest BCUT2D eigenvalue weighted by Gasteiger charge is 2.63. The summed E-state index contributed by atoms with van der Waals surface area (Å²) in [6, 6.07) is 1.81. The standard InChI is InChI=1S/C15H22N2O4/c1-9(18)11-5-12(16-21-11)15-6-10(15)7-17(8-15)13(19)20-14(2,3)4/h5,9-10,18H,6-8H2,1-4H3. The molecule has 1 amide bonds. The second-order valence-electron chi connectivity index (χ2n) is 7.21. The highest BCUT2D eigenvalue weighted by molar-refractivity contribution is 5.69. The Balaban J connectivity index is 1.70. The van der Waals surface area contributed by atoms with Crippen LogP contribution < -0.4 is 0 Å². The number of ether oxygens (including phenoxy) is 1. The van der Waals surface area contributed by atoms with Crippen molar-refractivity contribution in [3.63, 3.8) is 0 Å². The van der Waals surface area contributed by atoms with E-state index in [0.717, 1.165) is 12.1 Å². The third kappa shape index (κ3) is 2.52. The van der Waals surface area contributed by atoms with E-state index in [0.29, 0.717) is 24.8 Å². The highest BCUT2D eigenvalue weighted by Crippen LogP contribution is 2.58. The van der Waals surface area contributed by atoms with Crippen LogP contribution in [0.3, 0.4) is 0 Å². The summed E-state index contributed by atoms with van der Waals surface area (Å²) in [5, 5.41) is 13.6. The number of piperidine rings is 1. The van der Waals surface area contributed by atoms with Gasteiger partial charge in [0.2, 0.25) is 0 Å². The number of nitrogens with zero attached hydrogens (tertiary/aromatic N) is 2. The van der Waals surface area contributed by atoms with Crippen LogP contribution >= 0.6 is 0 Å². The van der Waals surface area contributed by atoms with E-state index in [2.05, 4.69) is 5.16 Å². The van der Waals surface area contributed by atoms with Crippen molar-refractivity contribution in [3.05, 3.63) is 17.5 Å². The molecular weight excluding hydrogens is 272 g/mol. The van der Waals surface area contributed by atoms with Crippen LogP contribution in [0.1, 0.15) is 51.7 Å². The molecule has 1 saturated heterocycles. The first-order valence-electron chi connectivity index (χ1n) is 7.34. The van der Waals surface area contributed by atoms with Gasteiger partial charge in [0.05, 0.1) is 5.69 Å². The van der Waals surface area contributed by atoms with Gasteiger partial charge in [0.15, 0.2) is 5.76 Å². The zero-order valence-electron chi connectivity index (χ0n) is 12.9. The molecule has 2 fully saturated rings. The Bertz CT molecular complexity index is 560. The fraction of sp³-hybridized carbons (Fsp3) is 0.733. The molecule has 116 valence electrons. The molecule has 1 saturated carbocycles. The molecule has 2 aliphatic rings. The fourth-order valence-electron chi connectivity index (χ4n) is 3.07. The maximum atomic E-state index is 12.1. The van der Waals surface area contributed by atoms with E-state index in [4.69, 9.17) is 9.26 Å². The Hall–Kier alpha value is -1.56. The average Bonchev–Trinajstić information content (AvgIpc) is 2.80. The van der Waals surface area contributed by atoms with Crippen molar-refractivity contribution in [1.82, 2.24) is 10.1 Å². The van der Waals surface area contributed by atoms with Gasteiger partial charge < -0.3 is 19.3 Å². The molecule has 21 heavy (non-hydrogen) atoms. The largest absolute Gasteiger partial charge is 0.444 e. The lowest BCUT2D eigenvalue weighted by molar-refractivity contribution is 0.0269. The minimum atomic E-state index is -0.664. The lowest BCUT2D eigenvalue weighted by Crippen LogP contribution is -2.37. The maximum Gasteiger partial charge on any atom is 0.410 e.